The fourth-order valence-corrected chi connectivity index (χ4v) is 4.22. The van der Waals surface area contributed by atoms with Crippen molar-refractivity contribution in [3.8, 4) is 0 Å². The third-order valence-electron chi connectivity index (χ3n) is 5.96. The molecule has 1 aliphatic heterocycles. The summed E-state index contributed by atoms with van der Waals surface area (Å²) in [6.07, 6.45) is 9.44. The summed E-state index contributed by atoms with van der Waals surface area (Å²) >= 11 is 0. The average Bonchev–Trinajstić information content (AvgIpc) is 3.11. The highest BCUT2D eigenvalue weighted by atomic mass is 16.2. The smallest absolute Gasteiger partial charge is 0.259 e. The molecule has 0 radical (unpaired) electrons. The largest absolute Gasteiger partial charge is 0.349 e. The van der Waals surface area contributed by atoms with Gasteiger partial charge in [0.1, 0.15) is 11.2 Å². The molecule has 2 amide bonds. The molecule has 1 saturated carbocycles. The Morgan fingerprint density at radius 2 is 2.07 bits per heavy atom. The van der Waals surface area contributed by atoms with Crippen LogP contribution in [-0.4, -0.2) is 50.0 Å². The van der Waals surface area contributed by atoms with Gasteiger partial charge >= 0.3 is 0 Å². The molecule has 1 unspecified atom stereocenters. The molecule has 1 saturated heterocycles. The predicted octanol–water partition coefficient (Wildman–Crippen LogP) is 2.27. The van der Waals surface area contributed by atoms with E-state index in [1.165, 1.54) is 0 Å². The van der Waals surface area contributed by atoms with Crippen molar-refractivity contribution in [2.45, 2.75) is 31.7 Å². The van der Waals surface area contributed by atoms with E-state index in [2.05, 4.69) is 16.5 Å². The summed E-state index contributed by atoms with van der Waals surface area (Å²) in [5, 5.41) is 7.32. The summed E-state index contributed by atoms with van der Waals surface area (Å²) in [7, 11) is 1.92. The van der Waals surface area contributed by atoms with E-state index in [0.29, 0.717) is 17.5 Å². The third kappa shape index (κ3) is 3.52. The zero-order valence-corrected chi connectivity index (χ0v) is 16.5. The summed E-state index contributed by atoms with van der Waals surface area (Å²) in [6, 6.07) is 8.25. The van der Waals surface area contributed by atoms with Crippen LogP contribution in [0, 0.1) is 5.92 Å². The maximum atomic E-state index is 13.0. The zero-order valence-electron chi connectivity index (χ0n) is 16.5. The zero-order chi connectivity index (χ0) is 20.0. The fraction of sp³-hybridized carbons (Fsp3) is 0.409. The lowest BCUT2D eigenvalue weighted by atomic mass is 9.97. The Bertz CT molecular complexity index is 1080. The second-order valence-corrected chi connectivity index (χ2v) is 8.29. The molecule has 2 fully saturated rings. The quantitative estimate of drug-likeness (QED) is 0.725. The predicted molar refractivity (Wildman–Crippen MR) is 109 cm³/mol. The number of aromatic nitrogens is 3. The van der Waals surface area contributed by atoms with Gasteiger partial charge in [0.2, 0.25) is 0 Å². The van der Waals surface area contributed by atoms with Gasteiger partial charge in [-0.3, -0.25) is 9.59 Å². The van der Waals surface area contributed by atoms with E-state index in [4.69, 9.17) is 0 Å². The number of nitrogens with zero attached hydrogens (tertiary/aromatic N) is 4. The lowest BCUT2D eigenvalue weighted by Gasteiger charge is -2.16. The Morgan fingerprint density at radius 3 is 2.90 bits per heavy atom. The van der Waals surface area contributed by atoms with Crippen LogP contribution in [-0.2, 0) is 13.5 Å². The number of fused-ring (bicyclic) bond motifs is 1. The van der Waals surface area contributed by atoms with Crippen molar-refractivity contribution in [3.05, 3.63) is 59.5 Å². The molecule has 2 aromatic heterocycles. The molecule has 1 aliphatic carbocycles. The highest BCUT2D eigenvalue weighted by Gasteiger charge is 2.29. The van der Waals surface area contributed by atoms with Crippen LogP contribution in [0.1, 0.15) is 45.5 Å². The number of hydrogen-bond acceptors (Lipinski definition) is 3. The average molecular weight is 391 g/mol. The van der Waals surface area contributed by atoms with E-state index in [0.717, 1.165) is 55.5 Å². The molecule has 150 valence electrons. The number of imidazole rings is 1. The van der Waals surface area contributed by atoms with Crippen molar-refractivity contribution in [2.75, 3.05) is 13.1 Å². The number of nitrogens with one attached hydrogen (secondary N) is 1. The van der Waals surface area contributed by atoms with Crippen molar-refractivity contribution in [2.24, 2.45) is 13.0 Å². The van der Waals surface area contributed by atoms with Crippen molar-refractivity contribution in [1.29, 1.82) is 0 Å². The molecule has 5 rings (SSSR count). The monoisotopic (exact) mass is 391 g/mol. The van der Waals surface area contributed by atoms with E-state index in [1.807, 2.05) is 47.1 Å². The first-order valence-electron chi connectivity index (χ1n) is 10.3. The highest BCUT2D eigenvalue weighted by molar-refractivity contribution is 6.00. The minimum absolute atomic E-state index is 0.0189. The summed E-state index contributed by atoms with van der Waals surface area (Å²) in [5.74, 6) is 0.465. The van der Waals surface area contributed by atoms with Crippen LogP contribution >= 0.6 is 0 Å². The van der Waals surface area contributed by atoms with Gasteiger partial charge in [0, 0.05) is 44.1 Å². The fourth-order valence-electron chi connectivity index (χ4n) is 4.22. The van der Waals surface area contributed by atoms with Crippen LogP contribution in [0.3, 0.4) is 0 Å². The van der Waals surface area contributed by atoms with Crippen LogP contribution in [0.15, 0.2) is 42.9 Å². The molecule has 1 N–H and O–H groups in total. The topological polar surface area (TPSA) is 71.6 Å². The number of rotatable bonds is 5. The van der Waals surface area contributed by atoms with Crippen LogP contribution in [0.2, 0.25) is 0 Å². The molecular weight excluding hydrogens is 366 g/mol. The molecule has 0 bridgehead atoms. The van der Waals surface area contributed by atoms with E-state index in [1.54, 1.807) is 10.7 Å². The molecule has 1 aromatic carbocycles. The molecule has 2 aliphatic rings. The maximum absolute atomic E-state index is 13.0. The number of amides is 2. The molecule has 3 aromatic rings. The maximum Gasteiger partial charge on any atom is 0.259 e. The van der Waals surface area contributed by atoms with Crippen molar-refractivity contribution < 1.29 is 9.59 Å². The van der Waals surface area contributed by atoms with Gasteiger partial charge in [0.25, 0.3) is 11.8 Å². The number of carbonyl (C=O) groups is 2. The van der Waals surface area contributed by atoms with Gasteiger partial charge < -0.3 is 14.8 Å². The molecule has 3 heterocycles. The van der Waals surface area contributed by atoms with E-state index in [-0.39, 0.29) is 11.8 Å². The van der Waals surface area contributed by atoms with Gasteiger partial charge in [0.15, 0.2) is 0 Å². The second-order valence-electron chi connectivity index (χ2n) is 8.29. The van der Waals surface area contributed by atoms with Gasteiger partial charge in [0.05, 0.1) is 6.20 Å². The Kier molecular flexibility index (Phi) is 4.38. The lowest BCUT2D eigenvalue weighted by Crippen LogP contribution is -2.29. The van der Waals surface area contributed by atoms with Crippen LogP contribution < -0.4 is 5.32 Å². The molecular formula is C22H25N5O2. The standard InChI is InChI=1S/C22H25N5O2/c1-25-9-10-27-21(25)19(13-23-27)22(29)26-8-7-16(14-26)11-15-3-2-4-17(12-15)20(28)24-18-5-6-18/h2-4,9-10,12-13,16,18H,5-8,11,14H2,1H3,(H,24,28). The van der Waals surface area contributed by atoms with Crippen molar-refractivity contribution >= 4 is 17.5 Å². The number of hydrogen-bond donors (Lipinski definition) is 1. The van der Waals surface area contributed by atoms with Crippen LogP contribution in [0.4, 0.5) is 0 Å². The van der Waals surface area contributed by atoms with Gasteiger partial charge in [-0.2, -0.15) is 5.10 Å². The first-order chi connectivity index (χ1) is 14.1. The summed E-state index contributed by atoms with van der Waals surface area (Å²) < 4.78 is 3.66. The first-order valence-corrected chi connectivity index (χ1v) is 10.3. The number of aryl methyl sites for hydroxylation is 1. The molecule has 1 atom stereocenters. The Labute approximate surface area is 169 Å². The third-order valence-corrected chi connectivity index (χ3v) is 5.96. The second kappa shape index (κ2) is 7.06. The number of carbonyl (C=O) groups excluding carboxylic acids is 2. The van der Waals surface area contributed by atoms with Gasteiger partial charge in [-0.1, -0.05) is 12.1 Å². The molecule has 7 nitrogen and oxygen atoms in total. The molecule has 29 heavy (non-hydrogen) atoms. The normalized spacial score (nSPS) is 19.1. The SMILES string of the molecule is Cn1ccn2ncc(C(=O)N3CCC(Cc4cccc(C(=O)NC5CC5)c4)C3)c12. The Hall–Kier alpha value is -3.09. The van der Waals surface area contributed by atoms with E-state index >= 15 is 0 Å². The van der Waals surface area contributed by atoms with Crippen molar-refractivity contribution in [3.63, 3.8) is 0 Å². The highest BCUT2D eigenvalue weighted by Crippen LogP contribution is 2.25. The number of benzene rings is 1. The molecule has 7 heteroatoms. The van der Waals surface area contributed by atoms with Crippen LogP contribution in [0.5, 0.6) is 0 Å². The molecule has 0 spiro atoms. The number of likely N-dealkylation sites (tertiary alicyclic amines) is 1. The van der Waals surface area contributed by atoms with Gasteiger partial charge in [-0.05, 0) is 49.3 Å². The van der Waals surface area contributed by atoms with E-state index in [9.17, 15) is 9.59 Å². The first kappa shape index (κ1) is 18.0. The summed E-state index contributed by atoms with van der Waals surface area (Å²) in [6.45, 7) is 1.49. The lowest BCUT2D eigenvalue weighted by molar-refractivity contribution is 0.0788. The Morgan fingerprint density at radius 1 is 1.21 bits per heavy atom. The van der Waals surface area contributed by atoms with E-state index < -0.39 is 0 Å². The minimum atomic E-state index is 0.0189. The summed E-state index contributed by atoms with van der Waals surface area (Å²) in [5.41, 5.74) is 3.36. The van der Waals surface area contributed by atoms with Gasteiger partial charge in [-0.25, -0.2) is 4.52 Å². The van der Waals surface area contributed by atoms with Crippen LogP contribution in [0.25, 0.3) is 5.65 Å². The minimum Gasteiger partial charge on any atom is -0.349 e. The Balaban J connectivity index is 1.25. The van der Waals surface area contributed by atoms with Gasteiger partial charge in [-0.15, -0.1) is 0 Å². The van der Waals surface area contributed by atoms with Crippen molar-refractivity contribution in [1.82, 2.24) is 24.4 Å². The summed E-state index contributed by atoms with van der Waals surface area (Å²) in [4.78, 5) is 27.3.